The van der Waals surface area contributed by atoms with Crippen LogP contribution in [0.5, 0.6) is 0 Å². The zero-order valence-electron chi connectivity index (χ0n) is 19.5. The Labute approximate surface area is 195 Å². The molecule has 1 aromatic rings. The van der Waals surface area contributed by atoms with Crippen LogP contribution in [-0.2, 0) is 24.2 Å². The van der Waals surface area contributed by atoms with Gasteiger partial charge in [-0.15, -0.1) is 0 Å². The van der Waals surface area contributed by atoms with Gasteiger partial charge in [-0.05, 0) is 62.6 Å². The highest BCUT2D eigenvalue weighted by molar-refractivity contribution is 7.89. The predicted octanol–water partition coefficient (Wildman–Crippen LogP) is 3.03. The Hall–Kier alpha value is -1.75. The van der Waals surface area contributed by atoms with Crippen molar-refractivity contribution in [2.24, 2.45) is 0 Å². The molecule has 1 aliphatic carbocycles. The van der Waals surface area contributed by atoms with Crippen LogP contribution in [0.1, 0.15) is 50.5 Å². The lowest BCUT2D eigenvalue weighted by molar-refractivity contribution is -0.00861. The molecule has 0 radical (unpaired) electrons. The van der Waals surface area contributed by atoms with E-state index in [2.05, 4.69) is 4.72 Å². The number of carbonyl (C=O) groups is 1. The summed E-state index contributed by atoms with van der Waals surface area (Å²) in [6, 6.07) is 5.63. The van der Waals surface area contributed by atoms with Crippen molar-refractivity contribution < 1.29 is 31.8 Å². The first-order valence-corrected chi connectivity index (χ1v) is 13.1. The molecule has 1 aliphatic heterocycles. The van der Waals surface area contributed by atoms with Crippen LogP contribution in [0.3, 0.4) is 0 Å². The molecule has 33 heavy (non-hydrogen) atoms. The first kappa shape index (κ1) is 25.9. The lowest BCUT2D eigenvalue weighted by atomic mass is 9.82. The number of likely N-dealkylation sites (tertiary alicyclic amines) is 1. The Morgan fingerprint density at radius 3 is 2.58 bits per heavy atom. The summed E-state index contributed by atoms with van der Waals surface area (Å²) >= 11 is 0. The lowest BCUT2D eigenvalue weighted by Crippen LogP contribution is -2.51. The third-order valence-corrected chi connectivity index (χ3v) is 8.03. The number of hydrogen-bond donors (Lipinski definition) is 1. The number of methoxy groups -OCH3 is 2. The lowest BCUT2D eigenvalue weighted by Gasteiger charge is -2.33. The highest BCUT2D eigenvalue weighted by Crippen LogP contribution is 2.35. The van der Waals surface area contributed by atoms with Gasteiger partial charge in [0.25, 0.3) is 0 Å². The van der Waals surface area contributed by atoms with Gasteiger partial charge in [0.05, 0.1) is 38.2 Å². The molecule has 10 heteroatoms. The Kier molecular flexibility index (Phi) is 9.09. The van der Waals surface area contributed by atoms with Gasteiger partial charge < -0.3 is 14.2 Å². The van der Waals surface area contributed by atoms with E-state index in [0.717, 1.165) is 31.2 Å². The van der Waals surface area contributed by atoms with E-state index >= 15 is 0 Å². The normalized spacial score (nSPS) is 28.1. The maximum atomic E-state index is 13.6. The summed E-state index contributed by atoms with van der Waals surface area (Å²) in [5.74, 6) is -0.0633. The van der Waals surface area contributed by atoms with E-state index in [-0.39, 0.29) is 36.9 Å². The van der Waals surface area contributed by atoms with Crippen molar-refractivity contribution in [3.05, 3.63) is 35.6 Å². The molecule has 3 rings (SSSR count). The van der Waals surface area contributed by atoms with Gasteiger partial charge in [0.15, 0.2) is 0 Å². The summed E-state index contributed by atoms with van der Waals surface area (Å²) in [4.78, 5) is 14.0. The van der Waals surface area contributed by atoms with Crippen LogP contribution >= 0.6 is 0 Å². The van der Waals surface area contributed by atoms with E-state index < -0.39 is 28.2 Å². The van der Waals surface area contributed by atoms with Gasteiger partial charge in [-0.3, -0.25) is 4.90 Å². The van der Waals surface area contributed by atoms with Crippen molar-refractivity contribution in [2.45, 2.75) is 69.2 Å². The fraction of sp³-hybridized carbons (Fsp3) is 0.696. The highest BCUT2D eigenvalue weighted by Gasteiger charge is 2.44. The van der Waals surface area contributed by atoms with Crippen LogP contribution in [0.4, 0.5) is 9.18 Å². The Bertz CT molecular complexity index is 891. The summed E-state index contributed by atoms with van der Waals surface area (Å²) in [6.07, 6.45) is 3.42. The molecule has 1 saturated carbocycles. The maximum Gasteiger partial charge on any atom is 0.410 e. The minimum atomic E-state index is -3.56. The van der Waals surface area contributed by atoms with E-state index in [1.807, 2.05) is 13.0 Å². The zero-order valence-corrected chi connectivity index (χ0v) is 20.4. The third kappa shape index (κ3) is 6.88. The van der Waals surface area contributed by atoms with Crippen molar-refractivity contribution in [1.82, 2.24) is 9.62 Å². The molecule has 0 unspecified atom stereocenters. The second kappa shape index (κ2) is 11.6. The minimum Gasteiger partial charge on any atom is -0.453 e. The summed E-state index contributed by atoms with van der Waals surface area (Å²) in [6.45, 7) is 2.18. The summed E-state index contributed by atoms with van der Waals surface area (Å²) in [5.41, 5.74) is 1.01. The van der Waals surface area contributed by atoms with E-state index in [9.17, 15) is 17.6 Å². The monoisotopic (exact) mass is 486 g/mol. The second-order valence-corrected chi connectivity index (χ2v) is 10.8. The van der Waals surface area contributed by atoms with Gasteiger partial charge in [-0.1, -0.05) is 12.1 Å². The van der Waals surface area contributed by atoms with E-state index in [4.69, 9.17) is 14.2 Å². The molecule has 1 amide bonds. The molecular weight excluding hydrogens is 451 g/mol. The van der Waals surface area contributed by atoms with Crippen molar-refractivity contribution in [3.63, 3.8) is 0 Å². The van der Waals surface area contributed by atoms with Crippen LogP contribution in [0.15, 0.2) is 24.3 Å². The Morgan fingerprint density at radius 2 is 1.94 bits per heavy atom. The molecule has 3 atom stereocenters. The van der Waals surface area contributed by atoms with Gasteiger partial charge in [0.1, 0.15) is 5.82 Å². The molecule has 2 aliphatic rings. The van der Waals surface area contributed by atoms with Crippen LogP contribution in [0, 0.1) is 5.82 Å². The van der Waals surface area contributed by atoms with Crippen LogP contribution in [-0.4, -0.2) is 76.8 Å². The van der Waals surface area contributed by atoms with Crippen molar-refractivity contribution in [1.29, 1.82) is 0 Å². The average Bonchev–Trinajstić information content (AvgIpc) is 3.10. The number of halogens is 1. The molecular formula is C23H35FN2O6S. The van der Waals surface area contributed by atoms with Gasteiger partial charge in [0, 0.05) is 19.2 Å². The fourth-order valence-electron chi connectivity index (χ4n) is 4.94. The van der Waals surface area contributed by atoms with Gasteiger partial charge in [-0.25, -0.2) is 22.3 Å². The largest absolute Gasteiger partial charge is 0.453 e. The molecule has 8 nitrogen and oxygen atoms in total. The smallest absolute Gasteiger partial charge is 0.410 e. The maximum absolute atomic E-state index is 13.6. The average molecular weight is 487 g/mol. The van der Waals surface area contributed by atoms with E-state index in [1.165, 1.54) is 20.3 Å². The Balaban J connectivity index is 1.61. The fourth-order valence-corrected chi connectivity index (χ4v) is 6.16. The summed E-state index contributed by atoms with van der Waals surface area (Å²) in [5, 5.41) is 0. The molecule has 1 heterocycles. The van der Waals surface area contributed by atoms with E-state index in [1.54, 1.807) is 17.0 Å². The van der Waals surface area contributed by atoms with Crippen molar-refractivity contribution in [3.8, 4) is 0 Å². The second-order valence-electron chi connectivity index (χ2n) is 8.93. The van der Waals surface area contributed by atoms with Gasteiger partial charge >= 0.3 is 6.09 Å². The number of sulfonamides is 1. The molecule has 1 N–H and O–H groups in total. The number of nitrogens with one attached hydrogen (secondary N) is 1. The first-order chi connectivity index (χ1) is 15.7. The molecule has 1 saturated heterocycles. The van der Waals surface area contributed by atoms with Gasteiger partial charge in [-0.2, -0.15) is 0 Å². The molecule has 186 valence electrons. The Morgan fingerprint density at radius 1 is 1.21 bits per heavy atom. The van der Waals surface area contributed by atoms with Crippen LogP contribution in [0.2, 0.25) is 0 Å². The molecule has 0 bridgehead atoms. The topological polar surface area (TPSA) is 94.2 Å². The van der Waals surface area contributed by atoms with Gasteiger partial charge in [0.2, 0.25) is 10.0 Å². The number of ether oxygens (including phenoxy) is 3. The van der Waals surface area contributed by atoms with E-state index in [0.29, 0.717) is 12.3 Å². The number of carbonyl (C=O) groups excluding carboxylic acids is 1. The standard InChI is InChI=1S/C23H35FN2O6S/c1-16-13-21(25-33(28,29)12-11-30-2)22(26(16)23(27)31-3)15-32-20-9-7-17(8-10-20)18-5-4-6-19(24)14-18/h4-6,14,16-17,20-22,25H,7-13,15H2,1-3H3/t16-,17-,20+,21+,22+/m1/s1. The number of rotatable bonds is 9. The van der Waals surface area contributed by atoms with Crippen molar-refractivity contribution >= 4 is 16.1 Å². The SMILES string of the molecule is COCCS(=O)(=O)N[C@H]1C[C@@H](C)N(C(=O)OC)[C@H]1CO[C@H]1CC[C@@H](c2cccc(F)c2)CC1. The summed E-state index contributed by atoms with van der Waals surface area (Å²) in [7, 11) is -0.798. The summed E-state index contributed by atoms with van der Waals surface area (Å²) < 4.78 is 57.2. The molecule has 0 spiro atoms. The van der Waals surface area contributed by atoms with Crippen molar-refractivity contribution in [2.75, 3.05) is 33.2 Å². The molecule has 0 aromatic heterocycles. The molecule has 2 fully saturated rings. The number of hydrogen-bond acceptors (Lipinski definition) is 6. The minimum absolute atomic E-state index is 0.0101. The molecule has 1 aromatic carbocycles. The number of benzene rings is 1. The first-order valence-electron chi connectivity index (χ1n) is 11.5. The van der Waals surface area contributed by atoms with Crippen LogP contribution in [0.25, 0.3) is 0 Å². The predicted molar refractivity (Wildman–Crippen MR) is 122 cm³/mol. The van der Waals surface area contributed by atoms with Crippen LogP contribution < -0.4 is 4.72 Å². The number of amides is 1. The third-order valence-electron chi connectivity index (χ3n) is 6.66. The quantitative estimate of drug-likeness (QED) is 0.577. The zero-order chi connectivity index (χ0) is 24.0. The highest BCUT2D eigenvalue weighted by atomic mass is 32.2. The number of nitrogens with zero attached hydrogens (tertiary/aromatic N) is 1.